The molecule has 0 heterocycles. The maximum atomic E-state index is 11.7. The van der Waals surface area contributed by atoms with E-state index in [2.05, 4.69) is 5.43 Å². The lowest BCUT2D eigenvalue weighted by Gasteiger charge is -2.18. The SMILES string of the molecule is COc1ccc(CC(=O)NN(C)C(N)=S)cc1OC. The van der Waals surface area contributed by atoms with E-state index in [1.165, 1.54) is 5.01 Å². The van der Waals surface area contributed by atoms with Crippen LogP contribution in [-0.4, -0.2) is 37.3 Å². The second-order valence-electron chi connectivity index (χ2n) is 3.80. The van der Waals surface area contributed by atoms with Crippen LogP contribution in [0.4, 0.5) is 0 Å². The number of hydrogen-bond acceptors (Lipinski definition) is 4. The Morgan fingerprint density at radius 2 is 2.00 bits per heavy atom. The number of hydrogen-bond donors (Lipinski definition) is 2. The van der Waals surface area contributed by atoms with Gasteiger partial charge in [-0.15, -0.1) is 0 Å². The number of benzene rings is 1. The van der Waals surface area contributed by atoms with Crippen molar-refractivity contribution in [1.29, 1.82) is 0 Å². The molecule has 104 valence electrons. The molecule has 19 heavy (non-hydrogen) atoms. The summed E-state index contributed by atoms with van der Waals surface area (Å²) in [6, 6.07) is 5.29. The van der Waals surface area contributed by atoms with E-state index in [9.17, 15) is 4.79 Å². The lowest BCUT2D eigenvalue weighted by atomic mass is 10.1. The maximum Gasteiger partial charge on any atom is 0.242 e. The monoisotopic (exact) mass is 283 g/mol. The molecule has 7 heteroatoms. The number of thiocarbonyl (C=S) groups is 1. The minimum Gasteiger partial charge on any atom is -0.493 e. The first-order valence-electron chi connectivity index (χ1n) is 5.51. The molecule has 0 spiro atoms. The summed E-state index contributed by atoms with van der Waals surface area (Å²) in [6.45, 7) is 0. The molecule has 6 nitrogen and oxygen atoms in total. The molecule has 1 aromatic carbocycles. The Hall–Kier alpha value is -2.02. The summed E-state index contributed by atoms with van der Waals surface area (Å²) in [5.74, 6) is 0.977. The molecule has 0 aliphatic rings. The van der Waals surface area contributed by atoms with Gasteiger partial charge in [-0.25, -0.2) is 0 Å². The number of hydrazine groups is 1. The van der Waals surface area contributed by atoms with E-state index in [1.54, 1.807) is 39.5 Å². The number of rotatable bonds is 4. The fraction of sp³-hybridized carbons (Fsp3) is 0.333. The van der Waals surface area contributed by atoms with Crippen molar-refractivity contribution >= 4 is 23.2 Å². The third-order valence-electron chi connectivity index (χ3n) is 2.44. The Labute approximate surface area is 117 Å². The zero-order valence-corrected chi connectivity index (χ0v) is 11.9. The molecule has 0 aromatic heterocycles. The van der Waals surface area contributed by atoms with Crippen molar-refractivity contribution in [3.05, 3.63) is 23.8 Å². The Morgan fingerprint density at radius 1 is 1.37 bits per heavy atom. The lowest BCUT2D eigenvalue weighted by molar-refractivity contribution is -0.123. The molecular weight excluding hydrogens is 266 g/mol. The summed E-state index contributed by atoms with van der Waals surface area (Å²) in [4.78, 5) is 11.7. The van der Waals surface area contributed by atoms with Crippen LogP contribution in [0.25, 0.3) is 0 Å². The first-order chi connectivity index (χ1) is 8.97. The number of nitrogens with zero attached hydrogens (tertiary/aromatic N) is 1. The third-order valence-corrected chi connectivity index (χ3v) is 2.71. The quantitative estimate of drug-likeness (QED) is 0.617. The number of nitrogens with two attached hydrogens (primary N) is 1. The van der Waals surface area contributed by atoms with E-state index < -0.39 is 0 Å². The molecule has 0 saturated heterocycles. The molecule has 0 saturated carbocycles. The van der Waals surface area contributed by atoms with Crippen molar-refractivity contribution in [2.75, 3.05) is 21.3 Å². The van der Waals surface area contributed by atoms with Crippen LogP contribution in [0.3, 0.4) is 0 Å². The Morgan fingerprint density at radius 3 is 2.53 bits per heavy atom. The second-order valence-corrected chi connectivity index (χ2v) is 4.22. The molecule has 1 amide bonds. The van der Waals surface area contributed by atoms with Crippen molar-refractivity contribution in [2.45, 2.75) is 6.42 Å². The molecule has 0 aliphatic carbocycles. The van der Waals surface area contributed by atoms with Crippen LogP contribution in [0, 0.1) is 0 Å². The number of carbonyl (C=O) groups is 1. The summed E-state index contributed by atoms with van der Waals surface area (Å²) >= 11 is 4.73. The topological polar surface area (TPSA) is 76.8 Å². The van der Waals surface area contributed by atoms with E-state index in [0.29, 0.717) is 11.5 Å². The van der Waals surface area contributed by atoms with Gasteiger partial charge in [-0.3, -0.25) is 15.2 Å². The van der Waals surface area contributed by atoms with Crippen molar-refractivity contribution in [1.82, 2.24) is 10.4 Å². The van der Waals surface area contributed by atoms with E-state index >= 15 is 0 Å². The van der Waals surface area contributed by atoms with Crippen molar-refractivity contribution in [3.8, 4) is 11.5 Å². The normalized spacial score (nSPS) is 9.63. The lowest BCUT2D eigenvalue weighted by Crippen LogP contribution is -2.46. The number of ether oxygens (including phenoxy) is 2. The standard InChI is InChI=1S/C12H17N3O3S/c1-15(12(13)19)14-11(16)7-8-4-5-9(17-2)10(6-8)18-3/h4-6H,7H2,1-3H3,(H2,13,19)(H,14,16). The Bertz CT molecular complexity index is 479. The molecule has 1 aromatic rings. The molecule has 0 fully saturated rings. The van der Waals surface area contributed by atoms with Gasteiger partial charge < -0.3 is 15.2 Å². The van der Waals surface area contributed by atoms with Gasteiger partial charge in [0.15, 0.2) is 16.6 Å². The van der Waals surface area contributed by atoms with Gasteiger partial charge in [0.2, 0.25) is 5.91 Å². The zero-order chi connectivity index (χ0) is 14.4. The fourth-order valence-corrected chi connectivity index (χ4v) is 1.50. The summed E-state index contributed by atoms with van der Waals surface area (Å²) in [7, 11) is 4.68. The largest absolute Gasteiger partial charge is 0.493 e. The summed E-state index contributed by atoms with van der Waals surface area (Å²) in [5, 5.41) is 1.39. The van der Waals surface area contributed by atoms with E-state index in [4.69, 9.17) is 27.4 Å². The van der Waals surface area contributed by atoms with E-state index in [0.717, 1.165) is 5.56 Å². The highest BCUT2D eigenvalue weighted by atomic mass is 32.1. The second kappa shape index (κ2) is 6.79. The molecular formula is C12H17N3O3S. The Balaban J connectivity index is 2.72. The van der Waals surface area contributed by atoms with Crippen LogP contribution in [0.1, 0.15) is 5.56 Å². The highest BCUT2D eigenvalue weighted by molar-refractivity contribution is 7.80. The molecule has 0 bridgehead atoms. The predicted molar refractivity (Wildman–Crippen MR) is 75.9 cm³/mol. The van der Waals surface area contributed by atoms with Gasteiger partial charge in [-0.2, -0.15) is 0 Å². The van der Waals surface area contributed by atoms with Crippen LogP contribution in [0.15, 0.2) is 18.2 Å². The first-order valence-corrected chi connectivity index (χ1v) is 5.92. The maximum absolute atomic E-state index is 11.7. The van der Waals surface area contributed by atoms with Gasteiger partial charge >= 0.3 is 0 Å². The number of amides is 1. The van der Waals surface area contributed by atoms with Gasteiger partial charge in [0.25, 0.3) is 0 Å². The smallest absolute Gasteiger partial charge is 0.242 e. The van der Waals surface area contributed by atoms with Gasteiger partial charge in [-0.1, -0.05) is 6.07 Å². The molecule has 0 radical (unpaired) electrons. The van der Waals surface area contributed by atoms with Crippen LogP contribution >= 0.6 is 12.2 Å². The molecule has 0 aliphatic heterocycles. The van der Waals surface area contributed by atoms with Crippen molar-refractivity contribution in [2.24, 2.45) is 5.73 Å². The molecule has 0 atom stereocenters. The van der Waals surface area contributed by atoms with Crippen LogP contribution < -0.4 is 20.6 Å². The fourth-order valence-electron chi connectivity index (χ4n) is 1.46. The number of nitrogens with one attached hydrogen (secondary N) is 1. The van der Waals surface area contributed by atoms with Gasteiger partial charge in [0, 0.05) is 7.05 Å². The summed E-state index contributed by atoms with van der Waals surface area (Å²) < 4.78 is 10.3. The summed E-state index contributed by atoms with van der Waals surface area (Å²) in [6.07, 6.45) is 0.188. The van der Waals surface area contributed by atoms with Crippen molar-refractivity contribution < 1.29 is 14.3 Å². The predicted octanol–water partition coefficient (Wildman–Crippen LogP) is 0.453. The average molecular weight is 283 g/mol. The molecule has 3 N–H and O–H groups in total. The third kappa shape index (κ3) is 4.29. The molecule has 0 unspecified atom stereocenters. The van der Waals surface area contributed by atoms with Gasteiger partial charge in [0.05, 0.1) is 20.6 Å². The zero-order valence-electron chi connectivity index (χ0n) is 11.1. The minimum atomic E-state index is -0.220. The number of carbonyl (C=O) groups excluding carboxylic acids is 1. The molecule has 1 rings (SSSR count). The Kier molecular flexibility index (Phi) is 5.37. The number of methoxy groups -OCH3 is 2. The van der Waals surface area contributed by atoms with Crippen LogP contribution in [0.2, 0.25) is 0 Å². The van der Waals surface area contributed by atoms with Crippen LogP contribution in [0.5, 0.6) is 11.5 Å². The van der Waals surface area contributed by atoms with Gasteiger partial charge in [0.1, 0.15) is 0 Å². The van der Waals surface area contributed by atoms with E-state index in [1.807, 2.05) is 0 Å². The van der Waals surface area contributed by atoms with E-state index in [-0.39, 0.29) is 17.4 Å². The average Bonchev–Trinajstić information content (AvgIpc) is 2.38. The van der Waals surface area contributed by atoms with Gasteiger partial charge in [-0.05, 0) is 29.9 Å². The summed E-state index contributed by atoms with van der Waals surface area (Å²) in [5.41, 5.74) is 8.71. The highest BCUT2D eigenvalue weighted by Crippen LogP contribution is 2.27. The minimum absolute atomic E-state index is 0.0978. The highest BCUT2D eigenvalue weighted by Gasteiger charge is 2.10. The van der Waals surface area contributed by atoms with Crippen molar-refractivity contribution in [3.63, 3.8) is 0 Å². The first kappa shape index (κ1) is 15.0. The van der Waals surface area contributed by atoms with Crippen LogP contribution in [-0.2, 0) is 11.2 Å².